The molecule has 0 bridgehead atoms. The molecule has 2 aliphatic heterocycles. The zero-order chi connectivity index (χ0) is 20.1. The first-order valence-electron chi connectivity index (χ1n) is 9.09. The van der Waals surface area contributed by atoms with Gasteiger partial charge in [-0.15, -0.1) is 0 Å². The van der Waals surface area contributed by atoms with Crippen LogP contribution in [0.2, 0.25) is 0 Å². The Kier molecular flexibility index (Phi) is 6.45. The van der Waals surface area contributed by atoms with Crippen molar-refractivity contribution in [2.45, 2.75) is 37.7 Å². The molecule has 0 radical (unpaired) electrons. The molecule has 9 heteroatoms. The van der Waals surface area contributed by atoms with Gasteiger partial charge in [0.05, 0.1) is 7.11 Å². The highest BCUT2D eigenvalue weighted by Gasteiger charge is 2.37. The van der Waals surface area contributed by atoms with E-state index in [4.69, 9.17) is 4.74 Å². The van der Waals surface area contributed by atoms with Crippen molar-refractivity contribution in [1.29, 1.82) is 0 Å². The van der Waals surface area contributed by atoms with E-state index in [0.717, 1.165) is 17.0 Å². The average Bonchev–Trinajstić information content (AvgIpc) is 3.21. The minimum atomic E-state index is -0.654. The lowest BCUT2D eigenvalue weighted by Crippen LogP contribution is -2.40. The Hall–Kier alpha value is -2.68. The Balaban J connectivity index is 1.44. The van der Waals surface area contributed by atoms with Crippen LogP contribution in [0.4, 0.5) is 4.79 Å². The molecule has 1 saturated heterocycles. The second-order valence-corrected chi connectivity index (χ2v) is 7.64. The van der Waals surface area contributed by atoms with E-state index in [1.807, 2.05) is 36.6 Å². The van der Waals surface area contributed by atoms with E-state index < -0.39 is 12.1 Å². The summed E-state index contributed by atoms with van der Waals surface area (Å²) >= 11 is 1.49. The fraction of sp³-hybridized carbons (Fsp3) is 0.421. The molecule has 0 unspecified atom stereocenters. The highest BCUT2D eigenvalue weighted by atomic mass is 32.2. The van der Waals surface area contributed by atoms with Gasteiger partial charge in [-0.3, -0.25) is 14.5 Å². The van der Waals surface area contributed by atoms with Gasteiger partial charge in [-0.25, -0.2) is 4.79 Å². The molecule has 1 fully saturated rings. The largest absolute Gasteiger partial charge is 0.497 e. The molecule has 3 N–H and O–H groups in total. The molecule has 1 aromatic carbocycles. The Morgan fingerprint density at radius 1 is 1.25 bits per heavy atom. The Morgan fingerprint density at radius 3 is 2.64 bits per heavy atom. The first-order chi connectivity index (χ1) is 13.5. The lowest BCUT2D eigenvalue weighted by atomic mass is 10.1. The summed E-state index contributed by atoms with van der Waals surface area (Å²) in [6.45, 7) is 2.22. The number of allylic oxidation sites excluding steroid dienone is 1. The highest BCUT2D eigenvalue weighted by molar-refractivity contribution is 8.02. The van der Waals surface area contributed by atoms with Crippen LogP contribution in [0.5, 0.6) is 5.75 Å². The van der Waals surface area contributed by atoms with Gasteiger partial charge in [0.15, 0.2) is 5.50 Å². The van der Waals surface area contributed by atoms with E-state index in [1.165, 1.54) is 16.7 Å². The number of rotatable bonds is 8. The third kappa shape index (κ3) is 4.98. The molecular formula is C19H24N4O4S. The minimum Gasteiger partial charge on any atom is -0.497 e. The van der Waals surface area contributed by atoms with Crippen LogP contribution >= 0.6 is 11.8 Å². The van der Waals surface area contributed by atoms with Gasteiger partial charge >= 0.3 is 6.03 Å². The highest BCUT2D eigenvalue weighted by Crippen LogP contribution is 2.19. The normalized spacial score (nSPS) is 21.2. The van der Waals surface area contributed by atoms with E-state index in [1.54, 1.807) is 7.11 Å². The van der Waals surface area contributed by atoms with Crippen LogP contribution in [0.15, 0.2) is 35.4 Å². The van der Waals surface area contributed by atoms with Crippen LogP contribution in [0.3, 0.4) is 0 Å². The van der Waals surface area contributed by atoms with Crippen LogP contribution in [0, 0.1) is 0 Å². The van der Waals surface area contributed by atoms with Gasteiger partial charge in [-0.05, 0) is 42.9 Å². The molecule has 3 rings (SSSR count). The molecule has 0 aromatic heterocycles. The number of amides is 4. The van der Waals surface area contributed by atoms with Crippen LogP contribution < -0.4 is 20.7 Å². The van der Waals surface area contributed by atoms with E-state index in [0.29, 0.717) is 13.0 Å². The summed E-state index contributed by atoms with van der Waals surface area (Å²) in [6.07, 6.45) is 1.01. The molecule has 4 amide bonds. The number of hydrogen-bond donors (Lipinski definition) is 3. The molecule has 0 saturated carbocycles. The predicted molar refractivity (Wildman–Crippen MR) is 106 cm³/mol. The molecule has 8 nitrogen and oxygen atoms in total. The summed E-state index contributed by atoms with van der Waals surface area (Å²) in [5, 5.41) is 10.6. The third-order valence-electron chi connectivity index (χ3n) is 4.58. The van der Waals surface area contributed by atoms with E-state index >= 15 is 0 Å². The zero-order valence-corrected chi connectivity index (χ0v) is 16.7. The van der Waals surface area contributed by atoms with Crippen molar-refractivity contribution < 1.29 is 19.1 Å². The smallest absolute Gasteiger partial charge is 0.324 e. The van der Waals surface area contributed by atoms with Gasteiger partial charge in [0.1, 0.15) is 11.8 Å². The molecule has 0 spiro atoms. The second-order valence-electron chi connectivity index (χ2n) is 6.66. The van der Waals surface area contributed by atoms with Gasteiger partial charge in [-0.2, -0.15) is 0 Å². The second kappa shape index (κ2) is 9.01. The number of benzene rings is 1. The fourth-order valence-electron chi connectivity index (χ4n) is 3.03. The van der Waals surface area contributed by atoms with Crippen molar-refractivity contribution in [3.63, 3.8) is 0 Å². The molecular weight excluding hydrogens is 380 g/mol. The Bertz CT molecular complexity index is 781. The van der Waals surface area contributed by atoms with Gasteiger partial charge in [0, 0.05) is 18.7 Å². The maximum Gasteiger partial charge on any atom is 0.324 e. The number of ether oxygens (including phenoxy) is 1. The third-order valence-corrected chi connectivity index (χ3v) is 5.58. The number of imide groups is 1. The molecule has 0 aliphatic carbocycles. The van der Waals surface area contributed by atoms with E-state index in [-0.39, 0.29) is 30.2 Å². The molecule has 1 aromatic rings. The van der Waals surface area contributed by atoms with Gasteiger partial charge < -0.3 is 20.7 Å². The number of urea groups is 1. The van der Waals surface area contributed by atoms with Crippen molar-refractivity contribution in [3.05, 3.63) is 40.9 Å². The summed E-state index contributed by atoms with van der Waals surface area (Å²) in [5.74, 6) is 0.318. The van der Waals surface area contributed by atoms with Gasteiger partial charge in [-0.1, -0.05) is 23.9 Å². The molecule has 2 atom stereocenters. The molecule has 28 heavy (non-hydrogen) atoms. The summed E-state index contributed by atoms with van der Waals surface area (Å²) in [4.78, 5) is 37.9. The van der Waals surface area contributed by atoms with Gasteiger partial charge in [0.25, 0.3) is 5.91 Å². The molecule has 2 aliphatic rings. The predicted octanol–water partition coefficient (Wildman–Crippen LogP) is 1.54. The number of nitrogens with zero attached hydrogens (tertiary/aromatic N) is 1. The number of thioether (sulfide) groups is 1. The first kappa shape index (κ1) is 20.1. The maximum atomic E-state index is 12.5. The van der Waals surface area contributed by atoms with Crippen molar-refractivity contribution in [1.82, 2.24) is 20.9 Å². The summed E-state index contributed by atoms with van der Waals surface area (Å²) in [7, 11) is 1.60. The quantitative estimate of drug-likeness (QED) is 0.569. The lowest BCUT2D eigenvalue weighted by molar-refractivity contribution is -0.127. The maximum absolute atomic E-state index is 12.5. The van der Waals surface area contributed by atoms with Crippen LogP contribution in [-0.4, -0.2) is 47.9 Å². The van der Waals surface area contributed by atoms with Crippen molar-refractivity contribution in [2.75, 3.05) is 13.7 Å². The monoisotopic (exact) mass is 404 g/mol. The number of methoxy groups -OCH3 is 1. The van der Waals surface area contributed by atoms with E-state index in [9.17, 15) is 14.4 Å². The SMILES string of the molecule is COc1ccc(CCN2C(=O)N[C@H](CCC(=O)N[C@@H]3NC(C)=CS3)C2=O)cc1. The lowest BCUT2D eigenvalue weighted by Gasteiger charge is -2.15. The number of hydrogen-bond acceptors (Lipinski definition) is 6. The van der Waals surface area contributed by atoms with Crippen LogP contribution in [0.25, 0.3) is 0 Å². The van der Waals surface area contributed by atoms with Crippen molar-refractivity contribution in [2.24, 2.45) is 0 Å². The number of nitrogens with one attached hydrogen (secondary N) is 3. The first-order valence-corrected chi connectivity index (χ1v) is 10.0. The Labute approximate surface area is 168 Å². The summed E-state index contributed by atoms with van der Waals surface area (Å²) in [5.41, 5.74) is 1.83. The topological polar surface area (TPSA) is 99.8 Å². The summed E-state index contributed by atoms with van der Waals surface area (Å²) < 4.78 is 5.12. The van der Waals surface area contributed by atoms with Crippen molar-refractivity contribution >= 4 is 29.6 Å². The molecule has 150 valence electrons. The number of carbonyl (C=O) groups is 3. The summed E-state index contributed by atoms with van der Waals surface area (Å²) in [6, 6.07) is 6.44. The van der Waals surface area contributed by atoms with Crippen molar-refractivity contribution in [3.8, 4) is 5.75 Å². The van der Waals surface area contributed by atoms with Crippen LogP contribution in [0.1, 0.15) is 25.3 Å². The van der Waals surface area contributed by atoms with Crippen LogP contribution in [-0.2, 0) is 16.0 Å². The fourth-order valence-corrected chi connectivity index (χ4v) is 3.89. The van der Waals surface area contributed by atoms with Gasteiger partial charge in [0.2, 0.25) is 5.91 Å². The average molecular weight is 404 g/mol. The van der Waals surface area contributed by atoms with E-state index in [2.05, 4.69) is 16.0 Å². The zero-order valence-electron chi connectivity index (χ0n) is 15.9. The minimum absolute atomic E-state index is 0.160. The number of carbonyl (C=O) groups excluding carboxylic acids is 3. The Morgan fingerprint density at radius 2 is 2.00 bits per heavy atom. The standard InChI is InChI=1S/C19H24N4O4S/c1-12-11-28-18(20-12)22-16(24)8-7-15-17(25)23(19(26)21-15)10-9-13-3-5-14(27-2)6-4-13/h3-6,11,15,18,20H,7-10H2,1-2H3,(H,21,26)(H,22,24)/t15-,18+/m1/s1. The molecule has 2 heterocycles.